The third kappa shape index (κ3) is 3.28. The Morgan fingerprint density at radius 1 is 1.45 bits per heavy atom. The van der Waals surface area contributed by atoms with Crippen molar-refractivity contribution in [2.75, 3.05) is 13.2 Å². The first kappa shape index (κ1) is 22.2. The van der Waals surface area contributed by atoms with E-state index in [0.29, 0.717) is 19.4 Å². The Hall–Kier alpha value is -1.54. The number of rotatable bonds is 9. The van der Waals surface area contributed by atoms with Crippen molar-refractivity contribution in [3.8, 4) is 0 Å². The number of carbonyl (C=O) groups excluding carboxylic acids is 2. The Kier molecular flexibility index (Phi) is 6.34. The molecule has 3 unspecified atom stereocenters. The van der Waals surface area contributed by atoms with Crippen molar-refractivity contribution < 1.29 is 24.6 Å². The SMILES string of the molecule is C=CCN(C(=O)C1N([C@H](C)CO)C(=O)[C@@H]2[C@@H](C(=O)O)[C@H]3CCC12S3)C(C)CCC. The van der Waals surface area contributed by atoms with Crippen LogP contribution in [0.1, 0.15) is 46.5 Å². The van der Waals surface area contributed by atoms with Crippen molar-refractivity contribution in [3.63, 3.8) is 0 Å². The van der Waals surface area contributed by atoms with Gasteiger partial charge in [-0.2, -0.15) is 0 Å². The Morgan fingerprint density at radius 2 is 2.14 bits per heavy atom. The summed E-state index contributed by atoms with van der Waals surface area (Å²) in [4.78, 5) is 42.5. The van der Waals surface area contributed by atoms with Gasteiger partial charge in [0.1, 0.15) is 6.04 Å². The van der Waals surface area contributed by atoms with Crippen LogP contribution in [0.5, 0.6) is 0 Å². The molecular weight excluding hydrogens is 392 g/mol. The van der Waals surface area contributed by atoms with Crippen molar-refractivity contribution in [3.05, 3.63) is 12.7 Å². The molecule has 2 bridgehead atoms. The number of likely N-dealkylation sites (tertiary alicyclic amines) is 1. The third-order valence-electron chi connectivity index (χ3n) is 6.84. The Balaban J connectivity index is 2.06. The fourth-order valence-electron chi connectivity index (χ4n) is 5.57. The lowest BCUT2D eigenvalue weighted by Gasteiger charge is -2.40. The van der Waals surface area contributed by atoms with E-state index in [1.54, 1.807) is 17.9 Å². The van der Waals surface area contributed by atoms with Crippen molar-refractivity contribution in [2.45, 2.75) is 74.6 Å². The molecule has 0 aromatic carbocycles. The van der Waals surface area contributed by atoms with Crippen LogP contribution in [0.25, 0.3) is 0 Å². The number of hydrogen-bond acceptors (Lipinski definition) is 5. The molecule has 2 amide bonds. The molecule has 7 nitrogen and oxygen atoms in total. The normalized spacial score (nSPS) is 34.8. The molecule has 29 heavy (non-hydrogen) atoms. The van der Waals surface area contributed by atoms with Gasteiger partial charge in [0.15, 0.2) is 0 Å². The Morgan fingerprint density at radius 3 is 2.69 bits per heavy atom. The number of amides is 2. The van der Waals surface area contributed by atoms with E-state index in [4.69, 9.17) is 0 Å². The van der Waals surface area contributed by atoms with Crippen LogP contribution in [0.4, 0.5) is 0 Å². The second-order valence-electron chi connectivity index (χ2n) is 8.59. The number of carboxylic acid groups (broad SMARTS) is 1. The highest BCUT2D eigenvalue weighted by molar-refractivity contribution is 8.02. The second-order valence-corrected chi connectivity index (χ2v) is 10.2. The summed E-state index contributed by atoms with van der Waals surface area (Å²) in [7, 11) is 0. The number of aliphatic hydroxyl groups excluding tert-OH is 1. The van der Waals surface area contributed by atoms with Gasteiger partial charge in [0.2, 0.25) is 11.8 Å². The van der Waals surface area contributed by atoms with Gasteiger partial charge in [-0.15, -0.1) is 18.3 Å². The number of fused-ring (bicyclic) bond motifs is 1. The van der Waals surface area contributed by atoms with Crippen molar-refractivity contribution in [1.29, 1.82) is 0 Å². The van der Waals surface area contributed by atoms with E-state index in [9.17, 15) is 24.6 Å². The zero-order chi connectivity index (χ0) is 21.5. The summed E-state index contributed by atoms with van der Waals surface area (Å²) >= 11 is 1.52. The van der Waals surface area contributed by atoms with Gasteiger partial charge in [0, 0.05) is 17.8 Å². The van der Waals surface area contributed by atoms with Crippen LogP contribution >= 0.6 is 11.8 Å². The Labute approximate surface area is 176 Å². The van der Waals surface area contributed by atoms with Gasteiger partial charge in [-0.1, -0.05) is 19.4 Å². The average molecular weight is 425 g/mol. The monoisotopic (exact) mass is 424 g/mol. The molecular formula is C21H32N2O5S. The van der Waals surface area contributed by atoms with Crippen LogP contribution in [0, 0.1) is 11.8 Å². The predicted molar refractivity (Wildman–Crippen MR) is 111 cm³/mol. The second kappa shape index (κ2) is 8.30. The Bertz CT molecular complexity index is 701. The lowest BCUT2D eigenvalue weighted by molar-refractivity contribution is -0.149. The maximum absolute atomic E-state index is 13.9. The van der Waals surface area contributed by atoms with Crippen LogP contribution in [0.3, 0.4) is 0 Å². The lowest BCUT2D eigenvalue weighted by atomic mass is 9.71. The van der Waals surface area contributed by atoms with E-state index in [-0.39, 0.29) is 29.7 Å². The minimum atomic E-state index is -0.963. The molecule has 3 heterocycles. The summed E-state index contributed by atoms with van der Waals surface area (Å²) in [6.07, 6.45) is 4.79. The van der Waals surface area contributed by atoms with Gasteiger partial charge in [0.05, 0.1) is 29.2 Å². The van der Waals surface area contributed by atoms with Crippen molar-refractivity contribution in [1.82, 2.24) is 9.80 Å². The van der Waals surface area contributed by atoms with Crippen molar-refractivity contribution >= 4 is 29.5 Å². The van der Waals surface area contributed by atoms with Gasteiger partial charge in [-0.3, -0.25) is 14.4 Å². The molecule has 3 rings (SSSR count). The van der Waals surface area contributed by atoms with Crippen LogP contribution < -0.4 is 0 Å². The van der Waals surface area contributed by atoms with E-state index in [1.165, 1.54) is 16.7 Å². The fourth-order valence-corrected chi connectivity index (χ4v) is 7.76. The first-order valence-corrected chi connectivity index (χ1v) is 11.4. The number of carboxylic acids is 1. The summed E-state index contributed by atoms with van der Waals surface area (Å²) in [5.74, 6) is -2.89. The lowest BCUT2D eigenvalue weighted by Crippen LogP contribution is -2.58. The van der Waals surface area contributed by atoms with Gasteiger partial charge in [0.25, 0.3) is 0 Å². The summed E-state index contributed by atoms with van der Waals surface area (Å²) < 4.78 is -0.726. The molecule has 162 valence electrons. The number of carbonyl (C=O) groups is 3. The van der Waals surface area contributed by atoms with Crippen LogP contribution in [0.2, 0.25) is 0 Å². The third-order valence-corrected chi connectivity index (χ3v) is 8.80. The average Bonchev–Trinajstić information content (AvgIpc) is 3.32. The topological polar surface area (TPSA) is 98.2 Å². The highest BCUT2D eigenvalue weighted by Gasteiger charge is 2.74. The number of aliphatic hydroxyl groups is 1. The number of hydrogen-bond donors (Lipinski definition) is 2. The number of aliphatic carboxylic acids is 1. The molecule has 3 aliphatic rings. The molecule has 3 saturated heterocycles. The quantitative estimate of drug-likeness (QED) is 0.547. The molecule has 0 aliphatic carbocycles. The molecule has 0 aromatic heterocycles. The molecule has 0 aromatic rings. The van der Waals surface area contributed by atoms with E-state index in [0.717, 1.165) is 12.8 Å². The molecule has 7 atom stereocenters. The minimum absolute atomic E-state index is 0.0128. The summed E-state index contributed by atoms with van der Waals surface area (Å²) in [6, 6.07) is -1.31. The predicted octanol–water partition coefficient (Wildman–Crippen LogP) is 1.75. The van der Waals surface area contributed by atoms with Gasteiger partial charge >= 0.3 is 5.97 Å². The molecule has 8 heteroatoms. The van der Waals surface area contributed by atoms with E-state index in [2.05, 4.69) is 13.5 Å². The standard InChI is InChI=1S/C21H32N2O5S/c1-5-7-12(3)22(10-6-2)19(26)17-21-9-8-14(29-21)15(20(27)28)16(21)18(25)23(17)13(4)11-24/h6,12-17,24H,2,5,7-11H2,1,3-4H3,(H,27,28)/t12?,13-,14-,15+,16+,17?,21?/m1/s1. The van der Waals surface area contributed by atoms with Gasteiger partial charge < -0.3 is 20.0 Å². The first-order chi connectivity index (χ1) is 13.7. The zero-order valence-corrected chi connectivity index (χ0v) is 18.2. The molecule has 3 fully saturated rings. The van der Waals surface area contributed by atoms with Gasteiger partial charge in [-0.25, -0.2) is 0 Å². The van der Waals surface area contributed by atoms with Crippen LogP contribution in [-0.4, -0.2) is 79.1 Å². The van der Waals surface area contributed by atoms with Gasteiger partial charge in [-0.05, 0) is 33.1 Å². The number of thioether (sulfide) groups is 1. The highest BCUT2D eigenvalue weighted by atomic mass is 32.2. The highest BCUT2D eigenvalue weighted by Crippen LogP contribution is 2.66. The zero-order valence-electron chi connectivity index (χ0n) is 17.4. The van der Waals surface area contributed by atoms with Crippen LogP contribution in [-0.2, 0) is 14.4 Å². The number of nitrogens with zero attached hydrogens (tertiary/aromatic N) is 2. The molecule has 2 N–H and O–H groups in total. The van der Waals surface area contributed by atoms with E-state index >= 15 is 0 Å². The molecule has 1 spiro atoms. The van der Waals surface area contributed by atoms with Crippen molar-refractivity contribution in [2.24, 2.45) is 11.8 Å². The van der Waals surface area contributed by atoms with E-state index < -0.39 is 34.6 Å². The minimum Gasteiger partial charge on any atom is -0.481 e. The first-order valence-electron chi connectivity index (χ1n) is 10.5. The summed E-state index contributed by atoms with van der Waals surface area (Å²) in [5.41, 5.74) is 0. The maximum atomic E-state index is 13.9. The smallest absolute Gasteiger partial charge is 0.308 e. The molecule has 3 aliphatic heterocycles. The summed E-state index contributed by atoms with van der Waals surface area (Å²) in [5, 5.41) is 19.5. The maximum Gasteiger partial charge on any atom is 0.308 e. The molecule has 0 saturated carbocycles. The van der Waals surface area contributed by atoms with E-state index in [1.807, 2.05) is 6.92 Å². The summed E-state index contributed by atoms with van der Waals surface area (Å²) in [6.45, 7) is 9.67. The fraction of sp³-hybridized carbons (Fsp3) is 0.762. The van der Waals surface area contributed by atoms with Crippen LogP contribution in [0.15, 0.2) is 12.7 Å². The molecule has 0 radical (unpaired) electrons. The largest absolute Gasteiger partial charge is 0.481 e.